The van der Waals surface area contributed by atoms with E-state index < -0.39 is 10.0 Å². The summed E-state index contributed by atoms with van der Waals surface area (Å²) in [5, 5.41) is -0.0904. The van der Waals surface area contributed by atoms with Gasteiger partial charge in [-0.3, -0.25) is 9.59 Å². The molecule has 0 unspecified atom stereocenters. The quantitative estimate of drug-likeness (QED) is 0.478. The van der Waals surface area contributed by atoms with E-state index in [4.69, 9.17) is 0 Å². The van der Waals surface area contributed by atoms with Crippen LogP contribution in [0.5, 0.6) is 0 Å². The molecule has 3 aromatic rings. The Bertz CT molecular complexity index is 1370. The molecule has 0 saturated carbocycles. The molecule has 3 aromatic carbocycles. The molecule has 7 nitrogen and oxygen atoms in total. The fourth-order valence-electron chi connectivity index (χ4n) is 4.65. The van der Waals surface area contributed by atoms with Gasteiger partial charge in [-0.05, 0) is 42.3 Å². The zero-order chi connectivity index (χ0) is 26.0. The largest absolute Gasteiger partial charge is 0.336 e. The van der Waals surface area contributed by atoms with Crippen molar-refractivity contribution in [2.75, 3.05) is 31.9 Å². The van der Waals surface area contributed by atoms with E-state index in [0.717, 1.165) is 16.7 Å². The minimum atomic E-state index is -3.58. The fourth-order valence-corrected chi connectivity index (χ4v) is 7.26. The summed E-state index contributed by atoms with van der Waals surface area (Å²) < 4.78 is 27.4. The molecule has 2 aliphatic heterocycles. The lowest BCUT2D eigenvalue weighted by atomic mass is 10.1. The van der Waals surface area contributed by atoms with E-state index in [0.29, 0.717) is 31.0 Å². The molecule has 0 bridgehead atoms. The highest BCUT2D eigenvalue weighted by molar-refractivity contribution is 8.00. The van der Waals surface area contributed by atoms with E-state index in [2.05, 4.69) is 0 Å². The normalized spacial score (nSPS) is 18.8. The third-order valence-corrected chi connectivity index (χ3v) is 9.96. The summed E-state index contributed by atoms with van der Waals surface area (Å²) in [7, 11) is -3.58. The Balaban J connectivity index is 1.22. The van der Waals surface area contributed by atoms with Crippen LogP contribution in [0.3, 0.4) is 0 Å². The lowest BCUT2D eigenvalue weighted by molar-refractivity contribution is -0.128. The maximum absolute atomic E-state index is 13.1. The number of carbonyl (C=O) groups is 2. The maximum atomic E-state index is 13.1. The Labute approximate surface area is 222 Å². The molecule has 0 spiro atoms. The molecule has 2 aliphatic rings. The number of sulfonamides is 1. The van der Waals surface area contributed by atoms with Crippen LogP contribution in [0.25, 0.3) is 0 Å². The first-order valence-corrected chi connectivity index (χ1v) is 14.7. The van der Waals surface area contributed by atoms with Gasteiger partial charge in [-0.15, -0.1) is 11.8 Å². The van der Waals surface area contributed by atoms with Crippen LogP contribution in [-0.4, -0.2) is 66.3 Å². The van der Waals surface area contributed by atoms with Gasteiger partial charge in [-0.25, -0.2) is 8.42 Å². The summed E-state index contributed by atoms with van der Waals surface area (Å²) in [6.45, 7) is 3.66. The van der Waals surface area contributed by atoms with Crippen LogP contribution in [0.4, 0.5) is 0 Å². The first-order chi connectivity index (χ1) is 17.8. The minimum Gasteiger partial charge on any atom is -0.336 e. The second kappa shape index (κ2) is 10.7. The Hall–Kier alpha value is -3.14. The molecular weight excluding hydrogens is 506 g/mol. The lowest BCUT2D eigenvalue weighted by Crippen LogP contribution is -2.50. The molecule has 5 rings (SSSR count). The summed E-state index contributed by atoms with van der Waals surface area (Å²) in [4.78, 5) is 29.5. The predicted molar refractivity (Wildman–Crippen MR) is 144 cm³/mol. The first-order valence-electron chi connectivity index (χ1n) is 12.2. The van der Waals surface area contributed by atoms with Crippen LogP contribution in [0.1, 0.15) is 32.4 Å². The molecule has 9 heteroatoms. The smallest absolute Gasteiger partial charge is 0.253 e. The molecule has 192 valence electrons. The van der Waals surface area contributed by atoms with Crippen LogP contribution in [0, 0.1) is 6.92 Å². The van der Waals surface area contributed by atoms with E-state index in [-0.39, 0.29) is 35.2 Å². The number of thioether (sulfide) groups is 1. The van der Waals surface area contributed by atoms with Crippen LogP contribution in [0.2, 0.25) is 0 Å². The van der Waals surface area contributed by atoms with Crippen LogP contribution < -0.4 is 0 Å². The van der Waals surface area contributed by atoms with Gasteiger partial charge in [0.15, 0.2) is 0 Å². The number of benzene rings is 3. The lowest BCUT2D eigenvalue weighted by Gasteiger charge is -2.34. The number of nitrogens with zero attached hydrogens (tertiary/aromatic N) is 3. The third kappa shape index (κ3) is 5.44. The summed E-state index contributed by atoms with van der Waals surface area (Å²) in [6.07, 6.45) is 0. The van der Waals surface area contributed by atoms with E-state index >= 15 is 0 Å². The number of piperazine rings is 1. The van der Waals surface area contributed by atoms with Gasteiger partial charge >= 0.3 is 0 Å². The van der Waals surface area contributed by atoms with Crippen LogP contribution in [-0.2, 0) is 21.4 Å². The van der Waals surface area contributed by atoms with Crippen LogP contribution >= 0.6 is 11.8 Å². The van der Waals surface area contributed by atoms with Crippen molar-refractivity contribution >= 4 is 33.6 Å². The standard InChI is InChI=1S/C28H29N3O4S2/c1-21-7-13-25(14-8-21)37(34,35)30-17-15-29(16-18-30)27(33)23-9-11-24(12-10-23)28-31(26(32)20-36-28)19-22-5-3-2-4-6-22/h2-14,28H,15-20H2,1H3/t28-/m0/s1. The van der Waals surface area contributed by atoms with Gasteiger partial charge in [0.25, 0.3) is 5.91 Å². The van der Waals surface area contributed by atoms with Gasteiger partial charge in [0.1, 0.15) is 5.37 Å². The fraction of sp³-hybridized carbons (Fsp3) is 0.286. The van der Waals surface area contributed by atoms with Gasteiger partial charge in [-0.1, -0.05) is 60.2 Å². The van der Waals surface area contributed by atoms with E-state index in [1.54, 1.807) is 53.1 Å². The summed E-state index contributed by atoms with van der Waals surface area (Å²) in [6, 6.07) is 24.2. The molecule has 0 aromatic heterocycles. The van der Waals surface area contributed by atoms with Crippen molar-refractivity contribution in [3.63, 3.8) is 0 Å². The average molecular weight is 536 g/mol. The number of carbonyl (C=O) groups excluding carboxylic acids is 2. The molecule has 2 saturated heterocycles. The molecule has 2 heterocycles. The Morgan fingerprint density at radius 3 is 2.19 bits per heavy atom. The number of amides is 2. The number of hydrogen-bond acceptors (Lipinski definition) is 5. The van der Waals surface area contributed by atoms with Gasteiger partial charge in [0.05, 0.1) is 10.6 Å². The molecule has 0 N–H and O–H groups in total. The second-order valence-corrected chi connectivity index (χ2v) is 12.3. The summed E-state index contributed by atoms with van der Waals surface area (Å²) >= 11 is 1.59. The molecule has 2 fully saturated rings. The van der Waals surface area contributed by atoms with E-state index in [1.165, 1.54) is 4.31 Å². The van der Waals surface area contributed by atoms with Gasteiger partial charge in [-0.2, -0.15) is 4.31 Å². The van der Waals surface area contributed by atoms with Crippen molar-refractivity contribution in [3.05, 3.63) is 101 Å². The monoisotopic (exact) mass is 535 g/mol. The van der Waals surface area contributed by atoms with E-state index in [9.17, 15) is 18.0 Å². The topological polar surface area (TPSA) is 78.0 Å². The Morgan fingerprint density at radius 2 is 1.54 bits per heavy atom. The number of hydrogen-bond donors (Lipinski definition) is 0. The van der Waals surface area contributed by atoms with Crippen molar-refractivity contribution in [1.82, 2.24) is 14.1 Å². The predicted octanol–water partition coefficient (Wildman–Crippen LogP) is 3.92. The maximum Gasteiger partial charge on any atom is 0.253 e. The van der Waals surface area contributed by atoms with Crippen molar-refractivity contribution < 1.29 is 18.0 Å². The minimum absolute atomic E-state index is 0.0904. The highest BCUT2D eigenvalue weighted by atomic mass is 32.2. The van der Waals surface area contributed by atoms with Crippen molar-refractivity contribution in [3.8, 4) is 0 Å². The van der Waals surface area contributed by atoms with Gasteiger partial charge in [0.2, 0.25) is 15.9 Å². The molecule has 2 amide bonds. The van der Waals surface area contributed by atoms with Crippen molar-refractivity contribution in [2.24, 2.45) is 0 Å². The highest BCUT2D eigenvalue weighted by Gasteiger charge is 2.33. The molecule has 1 atom stereocenters. The summed E-state index contributed by atoms with van der Waals surface area (Å²) in [5.74, 6) is 0.432. The highest BCUT2D eigenvalue weighted by Crippen LogP contribution is 2.39. The summed E-state index contributed by atoms with van der Waals surface area (Å²) in [5.41, 5.74) is 3.63. The van der Waals surface area contributed by atoms with E-state index in [1.807, 2.05) is 54.3 Å². The SMILES string of the molecule is Cc1ccc(S(=O)(=O)N2CCN(C(=O)c3ccc([C@@H]4SCC(=O)N4Cc4ccccc4)cc3)CC2)cc1. The van der Waals surface area contributed by atoms with Gasteiger partial charge in [0, 0.05) is 38.3 Å². The Morgan fingerprint density at radius 1 is 0.892 bits per heavy atom. The molecular formula is C28H29N3O4S2. The number of aryl methyl sites for hydroxylation is 1. The number of rotatable bonds is 6. The molecule has 37 heavy (non-hydrogen) atoms. The first kappa shape index (κ1) is 25.5. The van der Waals surface area contributed by atoms with Crippen LogP contribution in [0.15, 0.2) is 83.8 Å². The second-order valence-electron chi connectivity index (χ2n) is 9.30. The average Bonchev–Trinajstić information content (AvgIpc) is 3.29. The molecule has 0 radical (unpaired) electrons. The van der Waals surface area contributed by atoms with Crippen molar-refractivity contribution in [2.45, 2.75) is 23.7 Å². The zero-order valence-electron chi connectivity index (χ0n) is 20.6. The van der Waals surface area contributed by atoms with Gasteiger partial charge < -0.3 is 9.80 Å². The third-order valence-electron chi connectivity index (χ3n) is 6.79. The molecule has 0 aliphatic carbocycles. The Kier molecular flexibility index (Phi) is 7.37. The zero-order valence-corrected chi connectivity index (χ0v) is 22.2. The van der Waals surface area contributed by atoms with Crippen molar-refractivity contribution in [1.29, 1.82) is 0 Å².